The quantitative estimate of drug-likeness (QED) is 0.779. The number of aromatic nitrogens is 4. The molecule has 21 heavy (non-hydrogen) atoms. The van der Waals surface area contributed by atoms with E-state index in [2.05, 4.69) is 32.5 Å². The van der Waals surface area contributed by atoms with E-state index in [-0.39, 0.29) is 0 Å². The molecule has 3 aromatic rings. The minimum atomic E-state index is 0.704. The first kappa shape index (κ1) is 13.3. The molecule has 0 atom stereocenters. The van der Waals surface area contributed by atoms with Crippen LogP contribution in [0.25, 0.3) is 0 Å². The number of nitrogens with one attached hydrogen (secondary N) is 1. The third-order valence-corrected chi connectivity index (χ3v) is 3.14. The first-order valence-electron chi connectivity index (χ1n) is 6.87. The summed E-state index contributed by atoms with van der Waals surface area (Å²) in [4.78, 5) is 8.87. The minimum absolute atomic E-state index is 0.704. The summed E-state index contributed by atoms with van der Waals surface area (Å²) in [6.07, 6.45) is 6.36. The van der Waals surface area contributed by atoms with E-state index >= 15 is 0 Å². The molecular weight excluding hydrogens is 262 g/mol. The van der Waals surface area contributed by atoms with Gasteiger partial charge in [0.2, 0.25) is 0 Å². The molecule has 0 unspecified atom stereocenters. The number of hydrogen-bond acceptors (Lipinski definition) is 4. The number of benzene rings is 1. The van der Waals surface area contributed by atoms with E-state index in [9.17, 15) is 0 Å². The summed E-state index contributed by atoms with van der Waals surface area (Å²) < 4.78 is 1.79. The Morgan fingerprint density at radius 3 is 2.71 bits per heavy atom. The molecule has 0 radical (unpaired) electrons. The van der Waals surface area contributed by atoms with Crippen LogP contribution in [0, 0.1) is 0 Å². The van der Waals surface area contributed by atoms with Crippen LogP contribution in [0.3, 0.4) is 0 Å². The van der Waals surface area contributed by atoms with Gasteiger partial charge in [-0.15, -0.1) is 0 Å². The second-order valence-corrected chi connectivity index (χ2v) is 4.90. The lowest BCUT2D eigenvalue weighted by Crippen LogP contribution is -2.04. The predicted octanol–water partition coefficient (Wildman–Crippen LogP) is 2.41. The summed E-state index contributed by atoms with van der Waals surface area (Å²) in [5, 5.41) is 7.44. The van der Waals surface area contributed by atoms with Gasteiger partial charge in [0.05, 0.1) is 6.20 Å². The largest absolute Gasteiger partial charge is 0.366 e. The highest BCUT2D eigenvalue weighted by atomic mass is 15.2. The van der Waals surface area contributed by atoms with Crippen LogP contribution >= 0.6 is 0 Å². The SMILES string of the molecule is Cn1cc(CNc2ccnc(Cc3ccccc3)n2)cn1. The fourth-order valence-electron chi connectivity index (χ4n) is 2.12. The molecule has 0 aliphatic carbocycles. The molecule has 2 heterocycles. The van der Waals surface area contributed by atoms with Crippen molar-refractivity contribution in [3.8, 4) is 0 Å². The average molecular weight is 279 g/mol. The molecule has 0 bridgehead atoms. The van der Waals surface area contributed by atoms with Gasteiger partial charge in [0.15, 0.2) is 0 Å². The molecule has 0 amide bonds. The summed E-state index contributed by atoms with van der Waals surface area (Å²) in [6.45, 7) is 0.704. The molecule has 0 saturated heterocycles. The van der Waals surface area contributed by atoms with Crippen molar-refractivity contribution in [3.05, 3.63) is 71.9 Å². The number of nitrogens with zero attached hydrogens (tertiary/aromatic N) is 4. The molecule has 1 aromatic carbocycles. The maximum atomic E-state index is 4.54. The van der Waals surface area contributed by atoms with Gasteiger partial charge in [-0.25, -0.2) is 9.97 Å². The Morgan fingerprint density at radius 2 is 1.95 bits per heavy atom. The molecule has 1 N–H and O–H groups in total. The molecule has 0 fully saturated rings. The van der Waals surface area contributed by atoms with E-state index in [4.69, 9.17) is 0 Å². The first-order chi connectivity index (χ1) is 10.3. The molecule has 0 saturated carbocycles. The zero-order chi connectivity index (χ0) is 14.5. The van der Waals surface area contributed by atoms with E-state index < -0.39 is 0 Å². The lowest BCUT2D eigenvalue weighted by molar-refractivity contribution is 0.767. The Bertz CT molecular complexity index is 705. The van der Waals surface area contributed by atoms with Gasteiger partial charge in [-0.05, 0) is 11.6 Å². The monoisotopic (exact) mass is 279 g/mol. The second kappa shape index (κ2) is 6.17. The lowest BCUT2D eigenvalue weighted by atomic mass is 10.1. The molecule has 5 nitrogen and oxygen atoms in total. The maximum absolute atomic E-state index is 4.54. The molecule has 5 heteroatoms. The Hall–Kier alpha value is -2.69. The Labute approximate surface area is 123 Å². The number of anilines is 1. The van der Waals surface area contributed by atoms with Crippen LogP contribution in [-0.4, -0.2) is 19.7 Å². The highest BCUT2D eigenvalue weighted by Gasteiger charge is 2.02. The predicted molar refractivity (Wildman–Crippen MR) is 81.8 cm³/mol. The number of aryl methyl sites for hydroxylation is 1. The molecule has 106 valence electrons. The highest BCUT2D eigenvalue weighted by molar-refractivity contribution is 5.34. The Balaban J connectivity index is 1.65. The van der Waals surface area contributed by atoms with Crippen LogP contribution in [0.4, 0.5) is 5.82 Å². The van der Waals surface area contributed by atoms with Gasteiger partial charge in [-0.3, -0.25) is 4.68 Å². The minimum Gasteiger partial charge on any atom is -0.366 e. The molecule has 0 aliphatic rings. The van der Waals surface area contributed by atoms with Gasteiger partial charge in [0.1, 0.15) is 11.6 Å². The normalized spacial score (nSPS) is 10.5. The molecule has 0 spiro atoms. The zero-order valence-electron chi connectivity index (χ0n) is 11.9. The molecule has 2 aromatic heterocycles. The van der Waals surface area contributed by atoms with Crippen molar-refractivity contribution < 1.29 is 0 Å². The van der Waals surface area contributed by atoms with Crippen molar-refractivity contribution in [2.24, 2.45) is 7.05 Å². The second-order valence-electron chi connectivity index (χ2n) is 4.90. The fourth-order valence-corrected chi connectivity index (χ4v) is 2.12. The van der Waals surface area contributed by atoms with Gasteiger partial charge < -0.3 is 5.32 Å². The Morgan fingerprint density at radius 1 is 1.10 bits per heavy atom. The van der Waals surface area contributed by atoms with Gasteiger partial charge in [0.25, 0.3) is 0 Å². The van der Waals surface area contributed by atoms with Crippen molar-refractivity contribution >= 4 is 5.82 Å². The highest BCUT2D eigenvalue weighted by Crippen LogP contribution is 2.09. The van der Waals surface area contributed by atoms with Gasteiger partial charge >= 0.3 is 0 Å². The number of hydrogen-bond donors (Lipinski definition) is 1. The summed E-state index contributed by atoms with van der Waals surface area (Å²) in [7, 11) is 1.91. The van der Waals surface area contributed by atoms with Crippen molar-refractivity contribution in [3.63, 3.8) is 0 Å². The van der Waals surface area contributed by atoms with E-state index in [0.29, 0.717) is 6.54 Å². The van der Waals surface area contributed by atoms with Crippen LogP contribution in [-0.2, 0) is 20.0 Å². The van der Waals surface area contributed by atoms with Crippen LogP contribution in [0.5, 0.6) is 0 Å². The number of rotatable bonds is 5. The smallest absolute Gasteiger partial charge is 0.135 e. The fraction of sp³-hybridized carbons (Fsp3) is 0.188. The first-order valence-corrected chi connectivity index (χ1v) is 6.87. The summed E-state index contributed by atoms with van der Waals surface area (Å²) >= 11 is 0. The van der Waals surface area contributed by atoms with E-state index in [1.807, 2.05) is 43.7 Å². The Kier molecular flexibility index (Phi) is 3.91. The van der Waals surface area contributed by atoms with E-state index in [1.165, 1.54) is 5.56 Å². The van der Waals surface area contributed by atoms with Crippen LogP contribution in [0.15, 0.2) is 55.0 Å². The van der Waals surface area contributed by atoms with Gasteiger partial charge in [0, 0.05) is 38.0 Å². The van der Waals surface area contributed by atoms with Crippen molar-refractivity contribution in [1.82, 2.24) is 19.7 Å². The van der Waals surface area contributed by atoms with Crippen molar-refractivity contribution in [2.45, 2.75) is 13.0 Å². The van der Waals surface area contributed by atoms with Gasteiger partial charge in [-0.2, -0.15) is 5.10 Å². The standard InChI is InChI=1S/C16H17N5/c1-21-12-14(11-19-21)10-18-15-7-8-17-16(20-15)9-13-5-3-2-4-6-13/h2-8,11-12H,9-10H2,1H3,(H,17,18,20). The molecule has 0 aliphatic heterocycles. The van der Waals surface area contributed by atoms with Gasteiger partial charge in [-0.1, -0.05) is 30.3 Å². The van der Waals surface area contributed by atoms with Crippen LogP contribution in [0.1, 0.15) is 17.0 Å². The summed E-state index contributed by atoms with van der Waals surface area (Å²) in [6, 6.07) is 12.1. The third kappa shape index (κ3) is 3.66. The molecule has 3 rings (SSSR count). The summed E-state index contributed by atoms with van der Waals surface area (Å²) in [5.74, 6) is 1.65. The lowest BCUT2D eigenvalue weighted by Gasteiger charge is -2.06. The van der Waals surface area contributed by atoms with E-state index in [1.54, 1.807) is 10.9 Å². The van der Waals surface area contributed by atoms with E-state index in [0.717, 1.165) is 23.6 Å². The summed E-state index contributed by atoms with van der Waals surface area (Å²) in [5.41, 5.74) is 2.34. The maximum Gasteiger partial charge on any atom is 0.135 e. The topological polar surface area (TPSA) is 55.6 Å². The van der Waals surface area contributed by atoms with Crippen LogP contribution < -0.4 is 5.32 Å². The average Bonchev–Trinajstić information content (AvgIpc) is 2.92. The van der Waals surface area contributed by atoms with Crippen molar-refractivity contribution in [2.75, 3.05) is 5.32 Å². The third-order valence-electron chi connectivity index (χ3n) is 3.14. The molecular formula is C16H17N5. The zero-order valence-corrected chi connectivity index (χ0v) is 11.9. The van der Waals surface area contributed by atoms with Crippen molar-refractivity contribution in [1.29, 1.82) is 0 Å². The van der Waals surface area contributed by atoms with Crippen LogP contribution in [0.2, 0.25) is 0 Å².